The summed E-state index contributed by atoms with van der Waals surface area (Å²) in [4.78, 5) is 25.4. The lowest BCUT2D eigenvalue weighted by molar-refractivity contribution is 0.0186. The van der Waals surface area contributed by atoms with E-state index in [1.165, 1.54) is 0 Å². The summed E-state index contributed by atoms with van der Waals surface area (Å²) in [5.74, 6) is 0.514. The fraction of sp³-hybridized carbons (Fsp3) is 0.667. The van der Waals surface area contributed by atoms with Crippen LogP contribution in [0.25, 0.3) is 0 Å². The number of carbonyl (C=O) groups is 1. The first-order chi connectivity index (χ1) is 10.7. The quantitative estimate of drug-likeness (QED) is 0.656. The van der Waals surface area contributed by atoms with E-state index in [1.807, 2.05) is 38.8 Å². The van der Waals surface area contributed by atoms with Crippen molar-refractivity contribution in [1.82, 2.24) is 14.8 Å². The van der Waals surface area contributed by atoms with Crippen LogP contribution in [0.4, 0.5) is 4.79 Å². The number of thiazole rings is 1. The minimum atomic E-state index is -0.471. The van der Waals surface area contributed by atoms with E-state index in [0.29, 0.717) is 38.7 Å². The van der Waals surface area contributed by atoms with E-state index in [0.717, 1.165) is 9.88 Å². The van der Waals surface area contributed by atoms with Gasteiger partial charge in [0, 0.05) is 37.3 Å². The molecular formula is C15H25N5O2S. The topological polar surface area (TPSA) is 84.0 Å². The second-order valence-electron chi connectivity index (χ2n) is 6.47. The highest BCUT2D eigenvalue weighted by Gasteiger charge is 2.26. The van der Waals surface area contributed by atoms with E-state index < -0.39 is 5.60 Å². The van der Waals surface area contributed by atoms with Crippen LogP contribution in [0.1, 0.15) is 30.7 Å². The standard InChI is InChI=1S/C15H25N5O2S/c1-11-17-9-12(23-11)10-18-13(16)19-5-7-20(8-6-19)14(21)22-15(2,3)4/h9H,5-8,10H2,1-4H3,(H2,16,18). The van der Waals surface area contributed by atoms with Crippen LogP contribution in [0.5, 0.6) is 0 Å². The molecule has 0 atom stereocenters. The Labute approximate surface area is 141 Å². The Morgan fingerprint density at radius 1 is 1.35 bits per heavy atom. The SMILES string of the molecule is Cc1ncc(CN=C(N)N2CCN(C(=O)OC(C)(C)C)CC2)s1. The van der Waals surface area contributed by atoms with Crippen molar-refractivity contribution in [3.8, 4) is 0 Å². The predicted molar refractivity (Wildman–Crippen MR) is 91.6 cm³/mol. The summed E-state index contributed by atoms with van der Waals surface area (Å²) in [7, 11) is 0. The highest BCUT2D eigenvalue weighted by atomic mass is 32.1. The molecule has 1 aromatic rings. The second-order valence-corrected chi connectivity index (χ2v) is 7.79. The van der Waals surface area contributed by atoms with Crippen molar-refractivity contribution in [2.75, 3.05) is 26.2 Å². The molecule has 128 valence electrons. The molecule has 1 aromatic heterocycles. The molecule has 0 spiro atoms. The third-order valence-electron chi connectivity index (χ3n) is 3.32. The van der Waals surface area contributed by atoms with Crippen molar-refractivity contribution in [3.63, 3.8) is 0 Å². The van der Waals surface area contributed by atoms with Gasteiger partial charge >= 0.3 is 6.09 Å². The maximum absolute atomic E-state index is 12.0. The Kier molecular flexibility index (Phi) is 5.46. The van der Waals surface area contributed by atoms with Gasteiger partial charge in [-0.1, -0.05) is 0 Å². The molecule has 1 amide bonds. The van der Waals surface area contributed by atoms with Gasteiger partial charge in [0.1, 0.15) is 5.60 Å². The number of aliphatic imine (C=N–C) groups is 1. The second kappa shape index (κ2) is 7.16. The number of carbonyl (C=O) groups excluding carboxylic acids is 1. The fourth-order valence-electron chi connectivity index (χ4n) is 2.18. The lowest BCUT2D eigenvalue weighted by atomic mass is 10.2. The number of rotatable bonds is 2. The van der Waals surface area contributed by atoms with E-state index in [1.54, 1.807) is 16.2 Å². The van der Waals surface area contributed by atoms with Gasteiger partial charge in [-0.25, -0.2) is 14.8 Å². The zero-order valence-corrected chi connectivity index (χ0v) is 15.0. The average Bonchev–Trinajstić information content (AvgIpc) is 2.89. The number of ether oxygens (including phenoxy) is 1. The van der Waals surface area contributed by atoms with E-state index in [2.05, 4.69) is 9.98 Å². The molecule has 2 heterocycles. The van der Waals surface area contributed by atoms with Crippen LogP contribution < -0.4 is 5.73 Å². The largest absolute Gasteiger partial charge is 0.444 e. The molecule has 1 aliphatic heterocycles. The summed E-state index contributed by atoms with van der Waals surface area (Å²) >= 11 is 1.62. The van der Waals surface area contributed by atoms with Gasteiger partial charge in [0.2, 0.25) is 0 Å². The zero-order chi connectivity index (χ0) is 17.0. The fourth-order valence-corrected chi connectivity index (χ4v) is 2.90. The number of hydrogen-bond acceptors (Lipinski definition) is 5. The number of hydrogen-bond donors (Lipinski definition) is 1. The Morgan fingerprint density at radius 2 is 1.96 bits per heavy atom. The van der Waals surface area contributed by atoms with Crippen molar-refractivity contribution >= 4 is 23.4 Å². The molecule has 1 saturated heterocycles. The summed E-state index contributed by atoms with van der Waals surface area (Å²) < 4.78 is 5.38. The lowest BCUT2D eigenvalue weighted by Gasteiger charge is -2.36. The van der Waals surface area contributed by atoms with E-state index >= 15 is 0 Å². The molecule has 0 unspecified atom stereocenters. The monoisotopic (exact) mass is 339 g/mol. The van der Waals surface area contributed by atoms with Gasteiger partial charge < -0.3 is 20.3 Å². The number of amides is 1. The minimum absolute atomic E-state index is 0.271. The molecule has 0 saturated carbocycles. The predicted octanol–water partition coefficient (Wildman–Crippen LogP) is 1.82. The summed E-state index contributed by atoms with van der Waals surface area (Å²) in [5, 5.41) is 1.03. The maximum atomic E-state index is 12.0. The van der Waals surface area contributed by atoms with Crippen LogP contribution in [0.3, 0.4) is 0 Å². The van der Waals surface area contributed by atoms with Crippen LogP contribution in [-0.4, -0.2) is 58.6 Å². The number of nitrogens with two attached hydrogens (primary N) is 1. The molecule has 0 aliphatic carbocycles. The highest BCUT2D eigenvalue weighted by Crippen LogP contribution is 2.14. The first-order valence-corrected chi connectivity index (χ1v) is 8.50. The number of nitrogens with zero attached hydrogens (tertiary/aromatic N) is 4. The highest BCUT2D eigenvalue weighted by molar-refractivity contribution is 7.11. The van der Waals surface area contributed by atoms with Gasteiger partial charge in [-0.2, -0.15) is 0 Å². The van der Waals surface area contributed by atoms with Gasteiger partial charge in [-0.15, -0.1) is 11.3 Å². The van der Waals surface area contributed by atoms with E-state index in [4.69, 9.17) is 10.5 Å². The van der Waals surface area contributed by atoms with Crippen molar-refractivity contribution < 1.29 is 9.53 Å². The van der Waals surface area contributed by atoms with Crippen LogP contribution >= 0.6 is 11.3 Å². The van der Waals surface area contributed by atoms with Gasteiger partial charge in [0.25, 0.3) is 0 Å². The molecule has 0 radical (unpaired) electrons. The number of guanidine groups is 1. The van der Waals surface area contributed by atoms with Gasteiger partial charge in [0.05, 0.1) is 11.6 Å². The van der Waals surface area contributed by atoms with Gasteiger partial charge in [-0.05, 0) is 27.7 Å². The molecule has 0 bridgehead atoms. The Balaban J connectivity index is 1.82. The third-order valence-corrected chi connectivity index (χ3v) is 4.22. The van der Waals surface area contributed by atoms with Crippen LogP contribution in [0, 0.1) is 6.92 Å². The van der Waals surface area contributed by atoms with Crippen molar-refractivity contribution in [1.29, 1.82) is 0 Å². The van der Waals surface area contributed by atoms with Crippen LogP contribution in [0.2, 0.25) is 0 Å². The molecule has 7 nitrogen and oxygen atoms in total. The smallest absolute Gasteiger partial charge is 0.410 e. The average molecular weight is 339 g/mol. The zero-order valence-electron chi connectivity index (χ0n) is 14.2. The number of aryl methyl sites for hydroxylation is 1. The Bertz CT molecular complexity index is 571. The van der Waals surface area contributed by atoms with Crippen LogP contribution in [0.15, 0.2) is 11.2 Å². The minimum Gasteiger partial charge on any atom is -0.444 e. The lowest BCUT2D eigenvalue weighted by Crippen LogP contribution is -2.53. The number of aromatic nitrogens is 1. The van der Waals surface area contributed by atoms with Gasteiger partial charge in [0.15, 0.2) is 5.96 Å². The summed E-state index contributed by atoms with van der Waals surface area (Å²) in [6, 6.07) is 0. The summed E-state index contributed by atoms with van der Waals surface area (Å²) in [6.45, 7) is 10.6. The summed E-state index contributed by atoms with van der Waals surface area (Å²) in [6.07, 6.45) is 1.56. The van der Waals surface area contributed by atoms with E-state index in [9.17, 15) is 4.79 Å². The van der Waals surface area contributed by atoms with Gasteiger partial charge in [-0.3, -0.25) is 0 Å². The Hall–Kier alpha value is -1.83. The molecular weight excluding hydrogens is 314 g/mol. The van der Waals surface area contributed by atoms with Crippen molar-refractivity contribution in [2.24, 2.45) is 10.7 Å². The van der Waals surface area contributed by atoms with E-state index in [-0.39, 0.29) is 6.09 Å². The maximum Gasteiger partial charge on any atom is 0.410 e. The molecule has 23 heavy (non-hydrogen) atoms. The molecule has 1 aliphatic rings. The molecule has 0 aromatic carbocycles. The van der Waals surface area contributed by atoms with Crippen molar-refractivity contribution in [3.05, 3.63) is 16.1 Å². The molecule has 8 heteroatoms. The normalized spacial score (nSPS) is 16.6. The van der Waals surface area contributed by atoms with Crippen molar-refractivity contribution in [2.45, 2.75) is 39.8 Å². The summed E-state index contributed by atoms with van der Waals surface area (Å²) in [5.41, 5.74) is 5.58. The third kappa shape index (κ3) is 5.38. The number of piperazine rings is 1. The van der Waals surface area contributed by atoms with Crippen LogP contribution in [-0.2, 0) is 11.3 Å². The Morgan fingerprint density at radius 3 is 2.48 bits per heavy atom. The molecule has 2 rings (SSSR count). The molecule has 1 fully saturated rings. The first-order valence-electron chi connectivity index (χ1n) is 7.69. The first kappa shape index (κ1) is 17.5. The molecule has 2 N–H and O–H groups in total.